The maximum absolute atomic E-state index is 4.44. The van der Waals surface area contributed by atoms with Gasteiger partial charge in [0.1, 0.15) is 0 Å². The van der Waals surface area contributed by atoms with E-state index in [9.17, 15) is 0 Å². The third-order valence-electron chi connectivity index (χ3n) is 4.38. The van der Waals surface area contributed by atoms with Gasteiger partial charge in [0, 0.05) is 49.5 Å². The minimum atomic E-state index is 0. The average molecular weight is 503 g/mol. The molecular formula is C18H24BrIN4. The Morgan fingerprint density at radius 3 is 2.67 bits per heavy atom. The van der Waals surface area contributed by atoms with E-state index in [4.69, 9.17) is 0 Å². The van der Waals surface area contributed by atoms with Crippen LogP contribution in [0.25, 0.3) is 0 Å². The second-order valence-corrected chi connectivity index (χ2v) is 7.08. The Morgan fingerprint density at radius 1 is 1.38 bits per heavy atom. The molecule has 1 aromatic carbocycles. The zero-order valence-corrected chi connectivity index (χ0v) is 18.2. The highest BCUT2D eigenvalue weighted by Gasteiger charge is 2.39. The van der Waals surface area contributed by atoms with E-state index >= 15 is 0 Å². The number of hydrogen-bond donors (Lipinski definition) is 1. The molecule has 0 bridgehead atoms. The van der Waals surface area contributed by atoms with Gasteiger partial charge < -0.3 is 14.8 Å². The van der Waals surface area contributed by atoms with Gasteiger partial charge in [-0.1, -0.05) is 30.3 Å². The Morgan fingerprint density at radius 2 is 2.08 bits per heavy atom. The van der Waals surface area contributed by atoms with Crippen molar-refractivity contribution in [1.82, 2.24) is 14.8 Å². The van der Waals surface area contributed by atoms with Crippen LogP contribution in [0.1, 0.15) is 23.6 Å². The average Bonchev–Trinajstić information content (AvgIpc) is 3.24. The summed E-state index contributed by atoms with van der Waals surface area (Å²) < 4.78 is 3.25. The second kappa shape index (κ2) is 8.38. The number of nitrogens with zero attached hydrogens (tertiary/aromatic N) is 3. The van der Waals surface area contributed by atoms with Crippen LogP contribution in [0.2, 0.25) is 0 Å². The van der Waals surface area contributed by atoms with Gasteiger partial charge >= 0.3 is 0 Å². The fourth-order valence-electron chi connectivity index (χ4n) is 2.98. The third kappa shape index (κ3) is 4.53. The molecule has 24 heavy (non-hydrogen) atoms. The fourth-order valence-corrected chi connectivity index (χ4v) is 3.55. The number of aryl methyl sites for hydroxylation is 1. The molecular weight excluding hydrogens is 479 g/mol. The monoisotopic (exact) mass is 502 g/mol. The van der Waals surface area contributed by atoms with Gasteiger partial charge in [0.2, 0.25) is 0 Å². The molecule has 1 aliphatic rings. The van der Waals surface area contributed by atoms with E-state index < -0.39 is 0 Å². The highest BCUT2D eigenvalue weighted by molar-refractivity contribution is 14.0. The van der Waals surface area contributed by atoms with Crippen LogP contribution >= 0.6 is 39.9 Å². The predicted molar refractivity (Wildman–Crippen MR) is 114 cm³/mol. The molecule has 2 unspecified atom stereocenters. The van der Waals surface area contributed by atoms with Crippen molar-refractivity contribution in [2.75, 3.05) is 14.1 Å². The molecule has 0 spiro atoms. The zero-order chi connectivity index (χ0) is 16.4. The van der Waals surface area contributed by atoms with Crippen molar-refractivity contribution in [3.8, 4) is 0 Å². The maximum Gasteiger partial charge on any atom is 0.193 e. The third-order valence-corrected chi connectivity index (χ3v) is 4.81. The highest BCUT2D eigenvalue weighted by Crippen LogP contribution is 2.40. The Bertz CT molecular complexity index is 698. The van der Waals surface area contributed by atoms with Crippen molar-refractivity contribution in [1.29, 1.82) is 0 Å². The van der Waals surface area contributed by atoms with Gasteiger partial charge in [-0.2, -0.15) is 0 Å². The van der Waals surface area contributed by atoms with Crippen molar-refractivity contribution in [2.24, 2.45) is 12.0 Å². The Balaban J connectivity index is 0.00000208. The fraction of sp³-hybridized carbons (Fsp3) is 0.389. The van der Waals surface area contributed by atoms with E-state index in [-0.39, 0.29) is 24.0 Å². The highest BCUT2D eigenvalue weighted by atomic mass is 127. The first kappa shape index (κ1) is 19.3. The van der Waals surface area contributed by atoms with E-state index in [1.54, 1.807) is 0 Å². The van der Waals surface area contributed by atoms with Crippen LogP contribution in [-0.4, -0.2) is 35.6 Å². The van der Waals surface area contributed by atoms with Crippen LogP contribution in [0.3, 0.4) is 0 Å². The lowest BCUT2D eigenvalue weighted by atomic mass is 10.1. The van der Waals surface area contributed by atoms with Crippen LogP contribution < -0.4 is 5.32 Å². The summed E-state index contributed by atoms with van der Waals surface area (Å²) in [6.45, 7) is 0.824. The van der Waals surface area contributed by atoms with Crippen molar-refractivity contribution in [3.63, 3.8) is 0 Å². The number of nitrogens with one attached hydrogen (secondary N) is 1. The van der Waals surface area contributed by atoms with Gasteiger partial charge in [-0.3, -0.25) is 4.99 Å². The number of guanidine groups is 1. The van der Waals surface area contributed by atoms with Crippen LogP contribution in [0.5, 0.6) is 0 Å². The van der Waals surface area contributed by atoms with Crippen molar-refractivity contribution in [3.05, 3.63) is 58.3 Å². The Labute approximate surface area is 169 Å². The summed E-state index contributed by atoms with van der Waals surface area (Å²) in [7, 11) is 5.99. The van der Waals surface area contributed by atoms with Gasteiger partial charge in [-0.25, -0.2) is 0 Å². The molecule has 1 aromatic heterocycles. The van der Waals surface area contributed by atoms with Crippen LogP contribution in [0.4, 0.5) is 0 Å². The molecule has 0 amide bonds. The summed E-state index contributed by atoms with van der Waals surface area (Å²) in [5, 5.41) is 3.59. The minimum absolute atomic E-state index is 0. The first-order valence-electron chi connectivity index (χ1n) is 7.88. The van der Waals surface area contributed by atoms with Crippen molar-refractivity contribution in [2.45, 2.75) is 24.9 Å². The second-order valence-electron chi connectivity index (χ2n) is 6.17. The normalized spacial score (nSPS) is 19.6. The largest absolute Gasteiger partial charge is 0.353 e. The number of benzene rings is 1. The molecule has 0 radical (unpaired) electrons. The Kier molecular flexibility index (Phi) is 6.74. The SMILES string of the molecule is CN=C(NC1CC1c1ccccc1)N(C)Cc1cc(Br)cn1C.I. The smallest absolute Gasteiger partial charge is 0.193 e. The molecule has 0 aliphatic heterocycles. The first-order valence-corrected chi connectivity index (χ1v) is 8.68. The molecule has 130 valence electrons. The van der Waals surface area contributed by atoms with Gasteiger partial charge in [0.05, 0.1) is 6.54 Å². The van der Waals surface area contributed by atoms with E-state index in [1.807, 2.05) is 7.05 Å². The Hall–Kier alpha value is -1.02. The van der Waals surface area contributed by atoms with E-state index in [0.717, 1.165) is 17.0 Å². The van der Waals surface area contributed by atoms with E-state index in [1.165, 1.54) is 17.7 Å². The van der Waals surface area contributed by atoms with Gasteiger partial charge in [0.25, 0.3) is 0 Å². The van der Waals surface area contributed by atoms with E-state index in [2.05, 4.69) is 92.4 Å². The first-order chi connectivity index (χ1) is 11.1. The topological polar surface area (TPSA) is 32.6 Å². The van der Waals surface area contributed by atoms with Gasteiger partial charge in [0.15, 0.2) is 5.96 Å². The lowest BCUT2D eigenvalue weighted by Gasteiger charge is -2.22. The summed E-state index contributed by atoms with van der Waals surface area (Å²) in [4.78, 5) is 6.61. The molecule has 1 saturated carbocycles. The number of aromatic nitrogens is 1. The van der Waals surface area contributed by atoms with Gasteiger partial charge in [-0.15, -0.1) is 24.0 Å². The molecule has 2 aromatic rings. The summed E-state index contributed by atoms with van der Waals surface area (Å²) >= 11 is 3.53. The number of halogens is 2. The lowest BCUT2D eigenvalue weighted by molar-refractivity contribution is 0.461. The van der Waals surface area contributed by atoms with Crippen LogP contribution in [0, 0.1) is 0 Å². The molecule has 1 N–H and O–H groups in total. The van der Waals surface area contributed by atoms with Crippen LogP contribution in [-0.2, 0) is 13.6 Å². The zero-order valence-electron chi connectivity index (χ0n) is 14.2. The maximum atomic E-state index is 4.44. The van der Waals surface area contributed by atoms with Crippen LogP contribution in [0.15, 0.2) is 52.1 Å². The molecule has 1 aliphatic carbocycles. The van der Waals surface area contributed by atoms with Gasteiger partial charge in [-0.05, 0) is 34.0 Å². The predicted octanol–water partition coefficient (Wildman–Crippen LogP) is 3.97. The molecule has 1 heterocycles. The van der Waals surface area contributed by atoms with Crippen molar-refractivity contribution < 1.29 is 0 Å². The number of hydrogen-bond acceptors (Lipinski definition) is 1. The summed E-state index contributed by atoms with van der Waals surface area (Å²) in [5.74, 6) is 1.55. The molecule has 2 atom stereocenters. The number of rotatable bonds is 4. The summed E-state index contributed by atoms with van der Waals surface area (Å²) in [6.07, 6.45) is 3.25. The van der Waals surface area contributed by atoms with E-state index in [0.29, 0.717) is 12.0 Å². The summed E-state index contributed by atoms with van der Waals surface area (Å²) in [5.41, 5.74) is 2.66. The molecule has 1 fully saturated rings. The molecule has 6 heteroatoms. The standard InChI is InChI=1S/C18H23BrN4.HI/c1-20-18(23(3)12-15-9-14(19)11-22(15)2)21-17-10-16(17)13-7-5-4-6-8-13;/h4-9,11,16-17H,10,12H2,1-3H3,(H,20,21);1H. The van der Waals surface area contributed by atoms with Crippen molar-refractivity contribution >= 4 is 45.9 Å². The lowest BCUT2D eigenvalue weighted by Crippen LogP contribution is -2.40. The summed E-state index contributed by atoms with van der Waals surface area (Å²) in [6, 6.07) is 13.3. The molecule has 0 saturated heterocycles. The molecule has 4 nitrogen and oxygen atoms in total. The minimum Gasteiger partial charge on any atom is -0.353 e. The molecule has 3 rings (SSSR count). The quantitative estimate of drug-likeness (QED) is 0.390. The number of aliphatic imine (C=N–C) groups is 1.